The maximum absolute atomic E-state index is 12.6. The fourth-order valence-corrected chi connectivity index (χ4v) is 5.21. The zero-order chi connectivity index (χ0) is 20.8. The molecule has 8 heteroatoms. The SMILES string of the molecule is Cc1noc(C)c1S(=O)(=O)NC(C)C(=O)Nc1ccc2c(c1)Cc1ccccc1-2. The van der Waals surface area contributed by atoms with E-state index < -0.39 is 22.0 Å². The molecule has 1 unspecified atom stereocenters. The Kier molecular flexibility index (Phi) is 4.76. The Morgan fingerprint density at radius 3 is 2.55 bits per heavy atom. The molecule has 1 aliphatic rings. The van der Waals surface area contributed by atoms with Gasteiger partial charge in [-0.15, -0.1) is 0 Å². The molecule has 0 bridgehead atoms. The van der Waals surface area contributed by atoms with Crippen molar-refractivity contribution in [1.29, 1.82) is 0 Å². The van der Waals surface area contributed by atoms with Crippen molar-refractivity contribution in [2.75, 3.05) is 5.32 Å². The zero-order valence-corrected chi connectivity index (χ0v) is 17.1. The largest absolute Gasteiger partial charge is 0.360 e. The number of anilines is 1. The van der Waals surface area contributed by atoms with E-state index in [9.17, 15) is 13.2 Å². The van der Waals surface area contributed by atoms with E-state index in [1.54, 1.807) is 6.92 Å². The van der Waals surface area contributed by atoms with Crippen LogP contribution < -0.4 is 10.0 Å². The van der Waals surface area contributed by atoms with Crippen LogP contribution in [0.1, 0.15) is 29.5 Å². The topological polar surface area (TPSA) is 101 Å². The van der Waals surface area contributed by atoms with Crippen LogP contribution in [0.5, 0.6) is 0 Å². The van der Waals surface area contributed by atoms with Gasteiger partial charge in [0.05, 0.1) is 6.04 Å². The Hall–Kier alpha value is -2.97. The fraction of sp³-hybridized carbons (Fsp3) is 0.238. The van der Waals surface area contributed by atoms with Crippen LogP contribution in [0.25, 0.3) is 11.1 Å². The number of rotatable bonds is 5. The summed E-state index contributed by atoms with van der Waals surface area (Å²) in [4.78, 5) is 12.5. The summed E-state index contributed by atoms with van der Waals surface area (Å²) in [6.45, 7) is 4.55. The average Bonchev–Trinajstić information content (AvgIpc) is 3.20. The number of nitrogens with zero attached hydrogens (tertiary/aromatic N) is 1. The Morgan fingerprint density at radius 1 is 1.10 bits per heavy atom. The normalized spacial score (nSPS) is 13.6. The van der Waals surface area contributed by atoms with Gasteiger partial charge in [0, 0.05) is 5.69 Å². The Balaban J connectivity index is 1.48. The van der Waals surface area contributed by atoms with E-state index >= 15 is 0 Å². The molecule has 0 fully saturated rings. The number of sulfonamides is 1. The number of hydrogen-bond acceptors (Lipinski definition) is 5. The first-order valence-electron chi connectivity index (χ1n) is 9.23. The third kappa shape index (κ3) is 3.56. The number of fused-ring (bicyclic) bond motifs is 3. The number of carbonyl (C=O) groups excluding carboxylic acids is 1. The average molecular weight is 411 g/mol. The zero-order valence-electron chi connectivity index (χ0n) is 16.3. The minimum atomic E-state index is -3.93. The van der Waals surface area contributed by atoms with E-state index in [0.29, 0.717) is 5.69 Å². The number of carbonyl (C=O) groups is 1. The van der Waals surface area contributed by atoms with Gasteiger partial charge in [-0.2, -0.15) is 4.72 Å². The maximum Gasteiger partial charge on any atom is 0.246 e. The van der Waals surface area contributed by atoms with Gasteiger partial charge < -0.3 is 9.84 Å². The summed E-state index contributed by atoms with van der Waals surface area (Å²) >= 11 is 0. The monoisotopic (exact) mass is 411 g/mol. The summed E-state index contributed by atoms with van der Waals surface area (Å²) in [7, 11) is -3.93. The van der Waals surface area contributed by atoms with E-state index in [0.717, 1.165) is 17.5 Å². The molecule has 0 saturated heterocycles. The van der Waals surface area contributed by atoms with Crippen LogP contribution >= 0.6 is 0 Å². The van der Waals surface area contributed by atoms with Gasteiger partial charge in [-0.3, -0.25) is 4.79 Å². The minimum Gasteiger partial charge on any atom is -0.360 e. The first-order valence-corrected chi connectivity index (χ1v) is 10.7. The summed E-state index contributed by atoms with van der Waals surface area (Å²) < 4.78 is 32.5. The predicted octanol–water partition coefficient (Wildman–Crippen LogP) is 3.17. The Morgan fingerprint density at radius 2 is 1.83 bits per heavy atom. The molecule has 1 atom stereocenters. The molecular weight excluding hydrogens is 390 g/mol. The Labute approximate surface area is 169 Å². The van der Waals surface area contributed by atoms with Crippen LogP contribution in [0.4, 0.5) is 5.69 Å². The van der Waals surface area contributed by atoms with Gasteiger partial charge in [-0.25, -0.2) is 8.42 Å². The molecule has 0 radical (unpaired) electrons. The second-order valence-corrected chi connectivity index (χ2v) is 8.84. The number of benzene rings is 2. The quantitative estimate of drug-likeness (QED) is 0.525. The van der Waals surface area contributed by atoms with E-state index in [4.69, 9.17) is 4.52 Å². The number of aryl methyl sites for hydroxylation is 2. The second-order valence-electron chi connectivity index (χ2n) is 7.19. The van der Waals surface area contributed by atoms with Gasteiger partial charge in [-0.1, -0.05) is 35.5 Å². The van der Waals surface area contributed by atoms with Crippen molar-refractivity contribution in [3.05, 3.63) is 65.0 Å². The predicted molar refractivity (Wildman–Crippen MR) is 109 cm³/mol. The molecule has 0 aliphatic heterocycles. The van der Waals surface area contributed by atoms with Gasteiger partial charge >= 0.3 is 0 Å². The van der Waals surface area contributed by atoms with E-state index in [-0.39, 0.29) is 16.3 Å². The lowest BCUT2D eigenvalue weighted by Crippen LogP contribution is -2.41. The summed E-state index contributed by atoms with van der Waals surface area (Å²) in [5.74, 6) is -0.267. The van der Waals surface area contributed by atoms with E-state index in [1.807, 2.05) is 30.3 Å². The second kappa shape index (κ2) is 7.13. The fourth-order valence-electron chi connectivity index (χ4n) is 3.68. The number of nitrogens with one attached hydrogen (secondary N) is 2. The van der Waals surface area contributed by atoms with Crippen LogP contribution in [-0.4, -0.2) is 25.5 Å². The standard InChI is InChI=1S/C21H21N3O4S/c1-12-20(14(3)28-23-12)29(26,27)24-13(2)21(25)22-17-8-9-19-16(11-17)10-15-6-4-5-7-18(15)19/h4-9,11,13,24H,10H2,1-3H3,(H,22,25). The van der Waals surface area contributed by atoms with Gasteiger partial charge in [0.1, 0.15) is 10.6 Å². The van der Waals surface area contributed by atoms with E-state index in [1.165, 1.54) is 25.0 Å². The van der Waals surface area contributed by atoms with Gasteiger partial charge in [0.25, 0.3) is 0 Å². The highest BCUT2D eigenvalue weighted by atomic mass is 32.2. The number of amides is 1. The summed E-state index contributed by atoms with van der Waals surface area (Å²) in [6, 6.07) is 13.0. The highest BCUT2D eigenvalue weighted by Gasteiger charge is 2.28. The molecule has 150 valence electrons. The minimum absolute atomic E-state index is 0.0348. The van der Waals surface area contributed by atoms with Crippen molar-refractivity contribution in [3.63, 3.8) is 0 Å². The lowest BCUT2D eigenvalue weighted by molar-refractivity contribution is -0.117. The third-order valence-corrected chi connectivity index (χ3v) is 6.81. The molecule has 29 heavy (non-hydrogen) atoms. The number of hydrogen-bond donors (Lipinski definition) is 2. The first-order chi connectivity index (χ1) is 13.8. The summed E-state index contributed by atoms with van der Waals surface area (Å²) in [6.07, 6.45) is 0.809. The van der Waals surface area contributed by atoms with Crippen molar-refractivity contribution in [1.82, 2.24) is 9.88 Å². The van der Waals surface area contributed by atoms with Crippen LogP contribution in [0.15, 0.2) is 51.9 Å². The lowest BCUT2D eigenvalue weighted by Gasteiger charge is -2.15. The first kappa shape index (κ1) is 19.4. The van der Waals surface area contributed by atoms with Crippen molar-refractivity contribution in [2.45, 2.75) is 38.1 Å². The van der Waals surface area contributed by atoms with Crippen LogP contribution in [0, 0.1) is 13.8 Å². The molecule has 4 rings (SSSR count). The Bertz CT molecular complexity index is 1190. The molecule has 1 aromatic heterocycles. The van der Waals surface area contributed by atoms with Crippen molar-refractivity contribution in [2.24, 2.45) is 0 Å². The molecule has 1 heterocycles. The highest BCUT2D eigenvalue weighted by Crippen LogP contribution is 2.37. The molecule has 1 aliphatic carbocycles. The highest BCUT2D eigenvalue weighted by molar-refractivity contribution is 7.89. The molecule has 2 aromatic carbocycles. The summed E-state index contributed by atoms with van der Waals surface area (Å²) in [5.41, 5.74) is 5.64. The van der Waals surface area contributed by atoms with Crippen molar-refractivity contribution < 1.29 is 17.7 Å². The van der Waals surface area contributed by atoms with Crippen LogP contribution in [-0.2, 0) is 21.2 Å². The van der Waals surface area contributed by atoms with Gasteiger partial charge in [0.2, 0.25) is 15.9 Å². The van der Waals surface area contributed by atoms with E-state index in [2.05, 4.69) is 27.3 Å². The van der Waals surface area contributed by atoms with Gasteiger partial charge in [-0.05, 0) is 61.6 Å². The van der Waals surface area contributed by atoms with Crippen molar-refractivity contribution >= 4 is 21.6 Å². The van der Waals surface area contributed by atoms with Gasteiger partial charge in [0.15, 0.2) is 5.76 Å². The molecule has 0 saturated carbocycles. The molecule has 2 N–H and O–H groups in total. The van der Waals surface area contributed by atoms with Crippen LogP contribution in [0.3, 0.4) is 0 Å². The van der Waals surface area contributed by atoms with Crippen LogP contribution in [0.2, 0.25) is 0 Å². The molecule has 0 spiro atoms. The lowest BCUT2D eigenvalue weighted by atomic mass is 10.1. The third-order valence-electron chi connectivity index (χ3n) is 5.02. The smallest absolute Gasteiger partial charge is 0.246 e. The number of aromatic nitrogens is 1. The molecule has 3 aromatic rings. The maximum atomic E-state index is 12.6. The molecule has 1 amide bonds. The molecular formula is C21H21N3O4S. The van der Waals surface area contributed by atoms with Crippen molar-refractivity contribution in [3.8, 4) is 11.1 Å². The molecule has 7 nitrogen and oxygen atoms in total. The summed E-state index contributed by atoms with van der Waals surface area (Å²) in [5, 5.41) is 6.45.